The quantitative estimate of drug-likeness (QED) is 0.859. The third-order valence-electron chi connectivity index (χ3n) is 3.06. The van der Waals surface area contributed by atoms with Crippen molar-refractivity contribution in [3.63, 3.8) is 0 Å². The summed E-state index contributed by atoms with van der Waals surface area (Å²) in [6.07, 6.45) is 0. The number of sulfonamides is 1. The maximum Gasteiger partial charge on any atom is 0.287 e. The molecule has 0 fully saturated rings. The molecule has 1 heterocycles. The van der Waals surface area contributed by atoms with Crippen LogP contribution in [-0.4, -0.2) is 45.0 Å². The molecule has 22 heavy (non-hydrogen) atoms. The van der Waals surface area contributed by atoms with Crippen molar-refractivity contribution in [1.29, 1.82) is 0 Å². The summed E-state index contributed by atoms with van der Waals surface area (Å²) in [7, 11) is -0.560. The molecular weight excluding hydrogens is 308 g/mol. The van der Waals surface area contributed by atoms with E-state index < -0.39 is 15.9 Å². The van der Waals surface area contributed by atoms with Crippen molar-refractivity contribution in [3.05, 3.63) is 46.3 Å². The van der Waals surface area contributed by atoms with Gasteiger partial charge in [0, 0.05) is 26.7 Å². The molecule has 0 radical (unpaired) electrons. The molecule has 1 N–H and O–H groups in total. The summed E-state index contributed by atoms with van der Waals surface area (Å²) < 4.78 is 29.6. The highest BCUT2D eigenvalue weighted by atomic mass is 32.2. The van der Waals surface area contributed by atoms with E-state index in [4.69, 9.17) is 4.42 Å². The number of para-hydroxylation sites is 1. The summed E-state index contributed by atoms with van der Waals surface area (Å²) in [5.41, 5.74) is -0.0195. The molecule has 0 spiro atoms. The van der Waals surface area contributed by atoms with E-state index in [9.17, 15) is 18.0 Å². The van der Waals surface area contributed by atoms with Crippen LogP contribution in [0.5, 0.6) is 0 Å². The van der Waals surface area contributed by atoms with E-state index in [0.29, 0.717) is 11.0 Å². The minimum Gasteiger partial charge on any atom is -0.451 e. The predicted molar refractivity (Wildman–Crippen MR) is 82.3 cm³/mol. The molecule has 8 heteroatoms. The van der Waals surface area contributed by atoms with Crippen molar-refractivity contribution in [3.8, 4) is 0 Å². The Hall–Kier alpha value is -2.19. The van der Waals surface area contributed by atoms with Gasteiger partial charge in [0.25, 0.3) is 5.91 Å². The van der Waals surface area contributed by atoms with Crippen LogP contribution >= 0.6 is 0 Å². The number of amides is 1. The zero-order chi connectivity index (χ0) is 16.3. The van der Waals surface area contributed by atoms with Gasteiger partial charge in [0.1, 0.15) is 5.58 Å². The van der Waals surface area contributed by atoms with Crippen LogP contribution in [0.1, 0.15) is 10.6 Å². The summed E-state index contributed by atoms with van der Waals surface area (Å²) in [4.78, 5) is 23.8. The Balaban J connectivity index is 2.12. The summed E-state index contributed by atoms with van der Waals surface area (Å²) in [6, 6.07) is 7.68. The van der Waals surface area contributed by atoms with Gasteiger partial charge in [-0.3, -0.25) is 9.59 Å². The zero-order valence-corrected chi connectivity index (χ0v) is 13.0. The van der Waals surface area contributed by atoms with Crippen LogP contribution < -0.4 is 10.7 Å². The Morgan fingerprint density at radius 3 is 2.64 bits per heavy atom. The van der Waals surface area contributed by atoms with Crippen molar-refractivity contribution < 1.29 is 17.6 Å². The van der Waals surface area contributed by atoms with Crippen molar-refractivity contribution in [2.24, 2.45) is 0 Å². The van der Waals surface area contributed by atoms with Crippen molar-refractivity contribution in [2.75, 3.05) is 26.4 Å². The number of nitrogens with one attached hydrogen (secondary N) is 1. The van der Waals surface area contributed by atoms with E-state index in [1.807, 2.05) is 0 Å². The molecular formula is C14H16N2O5S. The lowest BCUT2D eigenvalue weighted by atomic mass is 10.2. The number of hydrogen-bond acceptors (Lipinski definition) is 5. The molecule has 0 saturated carbocycles. The molecule has 2 aromatic rings. The Bertz CT molecular complexity index is 855. The van der Waals surface area contributed by atoms with Crippen molar-refractivity contribution >= 4 is 26.9 Å². The molecule has 118 valence electrons. The van der Waals surface area contributed by atoms with Crippen LogP contribution in [0, 0.1) is 0 Å². The number of hydrogen-bond donors (Lipinski definition) is 1. The van der Waals surface area contributed by atoms with E-state index in [2.05, 4.69) is 5.32 Å². The topological polar surface area (TPSA) is 96.7 Å². The maximum absolute atomic E-state index is 11.9. The number of rotatable bonds is 5. The van der Waals surface area contributed by atoms with E-state index in [1.54, 1.807) is 24.3 Å². The highest BCUT2D eigenvalue weighted by molar-refractivity contribution is 7.89. The minimum absolute atomic E-state index is 0.0735. The maximum atomic E-state index is 11.9. The summed E-state index contributed by atoms with van der Waals surface area (Å²) in [6.45, 7) is -0.0735. The van der Waals surface area contributed by atoms with Crippen LogP contribution in [0.2, 0.25) is 0 Å². The summed E-state index contributed by atoms with van der Waals surface area (Å²) in [5, 5.41) is 2.81. The SMILES string of the molecule is CN(C)S(=O)(=O)CCNC(=O)c1cc(=O)c2ccccc2o1. The van der Waals surface area contributed by atoms with Crippen molar-refractivity contribution in [2.45, 2.75) is 0 Å². The lowest BCUT2D eigenvalue weighted by Gasteiger charge is -2.11. The second-order valence-electron chi connectivity index (χ2n) is 4.83. The lowest BCUT2D eigenvalue weighted by Crippen LogP contribution is -2.34. The summed E-state index contributed by atoms with van der Waals surface area (Å²) >= 11 is 0. The van der Waals surface area contributed by atoms with Gasteiger partial charge >= 0.3 is 0 Å². The highest BCUT2D eigenvalue weighted by Gasteiger charge is 2.16. The number of fused-ring (bicyclic) bond motifs is 1. The largest absolute Gasteiger partial charge is 0.451 e. The Kier molecular flexibility index (Phi) is 4.62. The smallest absolute Gasteiger partial charge is 0.287 e. The molecule has 0 unspecified atom stereocenters. The number of carbonyl (C=O) groups excluding carboxylic acids is 1. The third-order valence-corrected chi connectivity index (χ3v) is 4.89. The monoisotopic (exact) mass is 324 g/mol. The second kappa shape index (κ2) is 6.29. The fraction of sp³-hybridized carbons (Fsp3) is 0.286. The van der Waals surface area contributed by atoms with Gasteiger partial charge in [-0.1, -0.05) is 12.1 Å². The fourth-order valence-electron chi connectivity index (χ4n) is 1.78. The number of nitrogens with zero attached hydrogens (tertiary/aromatic N) is 1. The molecule has 7 nitrogen and oxygen atoms in total. The van der Waals surface area contributed by atoms with Gasteiger partial charge in [-0.2, -0.15) is 0 Å². The Labute approximate surface area is 127 Å². The zero-order valence-electron chi connectivity index (χ0n) is 12.2. The van der Waals surface area contributed by atoms with E-state index in [-0.39, 0.29) is 23.5 Å². The van der Waals surface area contributed by atoms with Gasteiger partial charge in [-0.15, -0.1) is 0 Å². The molecule has 0 aliphatic carbocycles. The number of carbonyl (C=O) groups is 1. The van der Waals surface area contributed by atoms with Gasteiger partial charge in [-0.05, 0) is 12.1 Å². The standard InChI is InChI=1S/C14H16N2O5S/c1-16(2)22(19,20)8-7-15-14(18)13-9-11(17)10-5-3-4-6-12(10)21-13/h3-6,9H,7-8H2,1-2H3,(H,15,18). The predicted octanol–water partition coefficient (Wildman–Crippen LogP) is 0.414. The summed E-state index contributed by atoms with van der Waals surface area (Å²) in [5.74, 6) is -1.01. The van der Waals surface area contributed by atoms with Crippen LogP contribution in [-0.2, 0) is 10.0 Å². The van der Waals surface area contributed by atoms with Crippen LogP contribution in [0.25, 0.3) is 11.0 Å². The fourth-order valence-corrected chi connectivity index (χ4v) is 2.50. The molecule has 1 aromatic heterocycles. The van der Waals surface area contributed by atoms with Gasteiger partial charge in [0.2, 0.25) is 10.0 Å². The molecule has 0 saturated heterocycles. The molecule has 0 bridgehead atoms. The first-order valence-corrected chi connectivity index (χ1v) is 8.13. The average Bonchev–Trinajstić information content (AvgIpc) is 2.46. The first-order valence-electron chi connectivity index (χ1n) is 6.52. The van der Waals surface area contributed by atoms with Gasteiger partial charge in [-0.25, -0.2) is 12.7 Å². The second-order valence-corrected chi connectivity index (χ2v) is 7.13. The van der Waals surface area contributed by atoms with E-state index in [1.165, 1.54) is 14.1 Å². The number of benzene rings is 1. The minimum atomic E-state index is -3.39. The molecule has 0 aliphatic heterocycles. The molecule has 2 rings (SSSR count). The van der Waals surface area contributed by atoms with Gasteiger partial charge in [0.05, 0.1) is 11.1 Å². The van der Waals surface area contributed by atoms with Gasteiger partial charge < -0.3 is 9.73 Å². The molecule has 0 aliphatic rings. The van der Waals surface area contributed by atoms with E-state index in [0.717, 1.165) is 10.4 Å². The lowest BCUT2D eigenvalue weighted by molar-refractivity contribution is 0.0929. The van der Waals surface area contributed by atoms with Crippen LogP contribution in [0.15, 0.2) is 39.5 Å². The first-order chi connectivity index (χ1) is 10.3. The highest BCUT2D eigenvalue weighted by Crippen LogP contribution is 2.11. The van der Waals surface area contributed by atoms with Crippen LogP contribution in [0.4, 0.5) is 0 Å². The Morgan fingerprint density at radius 2 is 1.95 bits per heavy atom. The van der Waals surface area contributed by atoms with Crippen LogP contribution in [0.3, 0.4) is 0 Å². The van der Waals surface area contributed by atoms with Crippen molar-refractivity contribution in [1.82, 2.24) is 9.62 Å². The third kappa shape index (κ3) is 3.52. The normalized spacial score (nSPS) is 11.8. The average molecular weight is 324 g/mol. The van der Waals surface area contributed by atoms with Gasteiger partial charge in [0.15, 0.2) is 11.2 Å². The molecule has 0 atom stereocenters. The van der Waals surface area contributed by atoms with E-state index >= 15 is 0 Å². The Morgan fingerprint density at radius 1 is 1.27 bits per heavy atom. The molecule has 1 amide bonds. The molecule has 1 aromatic carbocycles. The first kappa shape index (κ1) is 16.2.